The third-order valence-corrected chi connectivity index (χ3v) is 4.50. The van der Waals surface area contributed by atoms with Gasteiger partial charge in [-0.05, 0) is 55.8 Å². The maximum Gasteiger partial charge on any atom is 0.309 e. The van der Waals surface area contributed by atoms with E-state index in [9.17, 15) is 9.59 Å². The molecule has 0 amide bonds. The summed E-state index contributed by atoms with van der Waals surface area (Å²) in [5, 5.41) is 0.983. The Balaban J connectivity index is 1.95. The van der Waals surface area contributed by atoms with Crippen molar-refractivity contribution in [1.82, 2.24) is 0 Å². The molecule has 0 saturated heterocycles. The molecule has 0 N–H and O–H groups in total. The van der Waals surface area contributed by atoms with Gasteiger partial charge in [-0.1, -0.05) is 6.07 Å². The topological polar surface area (TPSA) is 65.7 Å². The molecule has 5 heteroatoms. The smallest absolute Gasteiger partial charge is 0.309 e. The standard InChI is InChI=1S/C21H18O5/c1-21(2)9-8-14-16(26-21)7-6-15-19(23)13-5-4-12(11-18(22)24-3)10-17(13)25-20(14)15/h4-10H,11H2,1-3H3. The predicted octanol–water partition coefficient (Wildman–Crippen LogP) is 3.85. The van der Waals surface area contributed by atoms with E-state index in [0.717, 1.165) is 11.1 Å². The van der Waals surface area contributed by atoms with E-state index < -0.39 is 5.60 Å². The van der Waals surface area contributed by atoms with Gasteiger partial charge in [0.15, 0.2) is 0 Å². The van der Waals surface area contributed by atoms with Gasteiger partial charge < -0.3 is 13.9 Å². The molecule has 0 atom stereocenters. The van der Waals surface area contributed by atoms with Crippen LogP contribution in [0.25, 0.3) is 28.0 Å². The van der Waals surface area contributed by atoms with Crippen LogP contribution in [-0.4, -0.2) is 18.7 Å². The molecule has 26 heavy (non-hydrogen) atoms. The molecular formula is C21H18O5. The van der Waals surface area contributed by atoms with Crippen molar-refractivity contribution in [2.45, 2.75) is 25.9 Å². The van der Waals surface area contributed by atoms with Gasteiger partial charge in [0, 0.05) is 0 Å². The first-order chi connectivity index (χ1) is 12.4. The number of fused-ring (bicyclic) bond motifs is 4. The van der Waals surface area contributed by atoms with E-state index in [1.807, 2.05) is 26.0 Å². The second-order valence-electron chi connectivity index (χ2n) is 6.91. The number of ether oxygens (including phenoxy) is 2. The third-order valence-electron chi connectivity index (χ3n) is 4.50. The summed E-state index contributed by atoms with van der Waals surface area (Å²) in [6.07, 6.45) is 3.99. The van der Waals surface area contributed by atoms with Crippen LogP contribution in [0.2, 0.25) is 0 Å². The molecule has 1 aliphatic heterocycles. The first-order valence-corrected chi connectivity index (χ1v) is 8.35. The van der Waals surface area contributed by atoms with Gasteiger partial charge in [0.1, 0.15) is 22.5 Å². The lowest BCUT2D eigenvalue weighted by Crippen LogP contribution is -2.27. The van der Waals surface area contributed by atoms with Crippen LogP contribution in [0.1, 0.15) is 25.0 Å². The second-order valence-corrected chi connectivity index (χ2v) is 6.91. The fourth-order valence-corrected chi connectivity index (χ4v) is 3.16. The summed E-state index contributed by atoms with van der Waals surface area (Å²) in [6.45, 7) is 3.93. The van der Waals surface area contributed by atoms with Gasteiger partial charge in [-0.15, -0.1) is 0 Å². The molecule has 0 radical (unpaired) electrons. The zero-order valence-corrected chi connectivity index (χ0v) is 14.8. The second kappa shape index (κ2) is 5.73. The highest BCUT2D eigenvalue weighted by Crippen LogP contribution is 2.36. The van der Waals surface area contributed by atoms with Crippen LogP contribution in [0.3, 0.4) is 0 Å². The molecule has 132 valence electrons. The van der Waals surface area contributed by atoms with Crippen LogP contribution in [0.15, 0.2) is 45.6 Å². The van der Waals surface area contributed by atoms with E-state index in [-0.39, 0.29) is 17.8 Å². The van der Waals surface area contributed by atoms with E-state index in [2.05, 4.69) is 0 Å². The molecule has 2 heterocycles. The summed E-state index contributed by atoms with van der Waals surface area (Å²) < 4.78 is 16.7. The highest BCUT2D eigenvalue weighted by atomic mass is 16.5. The highest BCUT2D eigenvalue weighted by Gasteiger charge is 2.24. The minimum atomic E-state index is -0.411. The Hall–Kier alpha value is -3.08. The number of rotatable bonds is 2. The Labute approximate surface area is 149 Å². The van der Waals surface area contributed by atoms with Crippen molar-refractivity contribution in [3.63, 3.8) is 0 Å². The number of hydrogen-bond acceptors (Lipinski definition) is 5. The van der Waals surface area contributed by atoms with Crippen molar-refractivity contribution in [3.8, 4) is 5.75 Å². The van der Waals surface area contributed by atoms with Crippen molar-refractivity contribution >= 4 is 34.0 Å². The SMILES string of the molecule is COC(=O)Cc1ccc2c(=O)c3ccc4c(c3oc2c1)C=CC(C)(C)O4. The first-order valence-electron chi connectivity index (χ1n) is 8.35. The number of carbonyl (C=O) groups is 1. The van der Waals surface area contributed by atoms with Crippen molar-refractivity contribution in [2.75, 3.05) is 7.11 Å². The van der Waals surface area contributed by atoms with Gasteiger partial charge in [0.2, 0.25) is 5.43 Å². The van der Waals surface area contributed by atoms with Gasteiger partial charge >= 0.3 is 5.97 Å². The van der Waals surface area contributed by atoms with Crippen molar-refractivity contribution in [1.29, 1.82) is 0 Å². The highest BCUT2D eigenvalue weighted by molar-refractivity contribution is 5.95. The predicted molar refractivity (Wildman–Crippen MR) is 99.5 cm³/mol. The number of esters is 1. The molecule has 0 aliphatic carbocycles. The Morgan fingerprint density at radius 3 is 2.69 bits per heavy atom. The van der Waals surface area contributed by atoms with Crippen LogP contribution in [0, 0.1) is 0 Å². The summed E-state index contributed by atoms with van der Waals surface area (Å²) in [5.41, 5.74) is 1.89. The average Bonchev–Trinajstić information content (AvgIpc) is 2.60. The summed E-state index contributed by atoms with van der Waals surface area (Å²) in [6, 6.07) is 8.68. The Morgan fingerprint density at radius 2 is 1.92 bits per heavy atom. The van der Waals surface area contributed by atoms with Crippen LogP contribution in [-0.2, 0) is 16.0 Å². The Bertz CT molecular complexity index is 1130. The normalized spacial score (nSPS) is 14.9. The Morgan fingerprint density at radius 1 is 1.15 bits per heavy atom. The molecule has 1 aromatic heterocycles. The third kappa shape index (κ3) is 2.65. The zero-order chi connectivity index (χ0) is 18.5. The average molecular weight is 350 g/mol. The molecule has 2 aromatic carbocycles. The summed E-state index contributed by atoms with van der Waals surface area (Å²) in [7, 11) is 1.34. The number of hydrogen-bond donors (Lipinski definition) is 0. The minimum absolute atomic E-state index is 0.105. The van der Waals surface area contributed by atoms with Crippen molar-refractivity contribution in [2.24, 2.45) is 0 Å². The summed E-state index contributed by atoms with van der Waals surface area (Å²) >= 11 is 0. The molecule has 0 bridgehead atoms. The van der Waals surface area contributed by atoms with Gasteiger partial charge in [-0.3, -0.25) is 9.59 Å². The molecular weight excluding hydrogens is 332 g/mol. The van der Waals surface area contributed by atoms with Gasteiger partial charge in [-0.2, -0.15) is 0 Å². The molecule has 0 unspecified atom stereocenters. The number of methoxy groups -OCH3 is 1. The molecule has 0 spiro atoms. The lowest BCUT2D eigenvalue weighted by molar-refractivity contribution is -0.139. The maximum absolute atomic E-state index is 12.9. The molecule has 5 nitrogen and oxygen atoms in total. The van der Waals surface area contributed by atoms with Crippen LogP contribution in [0.4, 0.5) is 0 Å². The summed E-state index contributed by atoms with van der Waals surface area (Å²) in [5.74, 6) is 0.335. The fraction of sp³-hybridized carbons (Fsp3) is 0.238. The molecule has 3 aromatic rings. The van der Waals surface area contributed by atoms with Crippen LogP contribution in [0.5, 0.6) is 5.75 Å². The van der Waals surface area contributed by atoms with E-state index in [1.54, 1.807) is 30.3 Å². The number of carbonyl (C=O) groups excluding carboxylic acids is 1. The molecule has 0 fully saturated rings. The fourth-order valence-electron chi connectivity index (χ4n) is 3.16. The number of benzene rings is 2. The van der Waals surface area contributed by atoms with Gasteiger partial charge in [0.25, 0.3) is 0 Å². The minimum Gasteiger partial charge on any atom is -0.483 e. The van der Waals surface area contributed by atoms with Crippen LogP contribution >= 0.6 is 0 Å². The lowest BCUT2D eigenvalue weighted by Gasteiger charge is -2.27. The maximum atomic E-state index is 12.9. The van der Waals surface area contributed by atoms with Crippen molar-refractivity contribution in [3.05, 3.63) is 57.8 Å². The molecule has 0 saturated carbocycles. The van der Waals surface area contributed by atoms with Gasteiger partial charge in [-0.25, -0.2) is 0 Å². The van der Waals surface area contributed by atoms with Crippen molar-refractivity contribution < 1.29 is 18.7 Å². The van der Waals surface area contributed by atoms with E-state index in [0.29, 0.717) is 27.7 Å². The largest absolute Gasteiger partial charge is 0.483 e. The van der Waals surface area contributed by atoms with E-state index in [4.69, 9.17) is 13.9 Å². The van der Waals surface area contributed by atoms with Gasteiger partial charge in [0.05, 0.1) is 29.9 Å². The monoisotopic (exact) mass is 350 g/mol. The van der Waals surface area contributed by atoms with E-state index in [1.165, 1.54) is 7.11 Å². The summed E-state index contributed by atoms with van der Waals surface area (Å²) in [4.78, 5) is 24.4. The zero-order valence-electron chi connectivity index (χ0n) is 14.8. The first kappa shape index (κ1) is 16.4. The molecule has 1 aliphatic rings. The Kier molecular flexibility index (Phi) is 3.61. The lowest BCUT2D eigenvalue weighted by atomic mass is 10.00. The van der Waals surface area contributed by atoms with Crippen LogP contribution < -0.4 is 10.2 Å². The van der Waals surface area contributed by atoms with E-state index >= 15 is 0 Å². The quantitative estimate of drug-likeness (QED) is 0.519. The molecule has 4 rings (SSSR count).